The zero-order valence-electron chi connectivity index (χ0n) is 18.6. The Bertz CT molecular complexity index is 1410. The van der Waals surface area contributed by atoms with E-state index < -0.39 is 16.1 Å². The Morgan fingerprint density at radius 1 is 0.971 bits per heavy atom. The van der Waals surface area contributed by atoms with Crippen molar-refractivity contribution in [2.45, 2.75) is 13.3 Å². The lowest BCUT2D eigenvalue weighted by Crippen LogP contribution is -2.47. The number of amides is 2. The van der Waals surface area contributed by atoms with Gasteiger partial charge in [0.1, 0.15) is 0 Å². The Morgan fingerprint density at radius 3 is 2.49 bits per heavy atom. The largest absolute Gasteiger partial charge is 0.322 e. The fourth-order valence-corrected chi connectivity index (χ4v) is 5.34. The first-order chi connectivity index (χ1) is 16.6. The minimum atomic E-state index is -3.59. The molecule has 0 atom stereocenters. The number of nitrogens with zero attached hydrogens (tertiary/aromatic N) is 1. The molecule has 1 aliphatic rings. The lowest BCUT2D eigenvalue weighted by atomic mass is 10.1. The molecule has 11 heteroatoms. The van der Waals surface area contributed by atoms with Crippen molar-refractivity contribution in [2.24, 2.45) is 0 Å². The zero-order chi connectivity index (χ0) is 25.2. The van der Waals surface area contributed by atoms with Crippen LogP contribution in [0.5, 0.6) is 0 Å². The Morgan fingerprint density at radius 2 is 1.77 bits per heavy atom. The number of aryl methyl sites for hydroxylation is 1. The van der Waals surface area contributed by atoms with Gasteiger partial charge >= 0.3 is 10.2 Å². The summed E-state index contributed by atoms with van der Waals surface area (Å²) in [5.74, 6) is -0.783. The number of hydrogen-bond donors (Lipinski definition) is 3. The first-order valence-electron chi connectivity index (χ1n) is 10.7. The van der Waals surface area contributed by atoms with Crippen LogP contribution in [0.2, 0.25) is 10.0 Å². The predicted molar refractivity (Wildman–Crippen MR) is 139 cm³/mol. The van der Waals surface area contributed by atoms with Gasteiger partial charge in [-0.1, -0.05) is 29.3 Å². The molecule has 0 bridgehead atoms. The highest BCUT2D eigenvalue weighted by molar-refractivity contribution is 7.90. The maximum atomic E-state index is 12.9. The van der Waals surface area contributed by atoms with Crippen LogP contribution < -0.4 is 19.7 Å². The smallest absolute Gasteiger partial charge is 0.301 e. The summed E-state index contributed by atoms with van der Waals surface area (Å²) >= 11 is 12.2. The maximum absolute atomic E-state index is 12.9. The van der Waals surface area contributed by atoms with E-state index in [1.165, 1.54) is 10.4 Å². The van der Waals surface area contributed by atoms with Gasteiger partial charge in [-0.05, 0) is 73.5 Å². The van der Waals surface area contributed by atoms with Crippen LogP contribution in [0, 0.1) is 6.92 Å². The van der Waals surface area contributed by atoms with E-state index in [9.17, 15) is 18.0 Å². The lowest BCUT2D eigenvalue weighted by Gasteiger charge is -2.29. The van der Waals surface area contributed by atoms with E-state index >= 15 is 0 Å². The number of rotatable bonds is 5. The maximum Gasteiger partial charge on any atom is 0.301 e. The molecule has 0 aromatic heterocycles. The van der Waals surface area contributed by atoms with E-state index in [4.69, 9.17) is 23.2 Å². The van der Waals surface area contributed by atoms with Gasteiger partial charge in [-0.25, -0.2) is 0 Å². The van der Waals surface area contributed by atoms with Crippen LogP contribution in [0.4, 0.5) is 17.1 Å². The minimum absolute atomic E-state index is 0.301. The first kappa shape index (κ1) is 25.0. The molecule has 0 radical (unpaired) electrons. The van der Waals surface area contributed by atoms with Crippen LogP contribution in [-0.4, -0.2) is 33.3 Å². The van der Waals surface area contributed by atoms with Crippen LogP contribution in [0.15, 0.2) is 60.7 Å². The Kier molecular flexibility index (Phi) is 7.32. The van der Waals surface area contributed by atoms with Gasteiger partial charge in [0.15, 0.2) is 0 Å². The molecule has 35 heavy (non-hydrogen) atoms. The topological polar surface area (TPSA) is 108 Å². The fourth-order valence-electron chi connectivity index (χ4n) is 3.67. The summed E-state index contributed by atoms with van der Waals surface area (Å²) in [4.78, 5) is 25.5. The molecular weight excluding hydrogens is 511 g/mol. The molecule has 1 saturated heterocycles. The second-order valence-corrected chi connectivity index (χ2v) is 10.5. The number of hydrogen-bond acceptors (Lipinski definition) is 4. The molecule has 0 aliphatic carbocycles. The summed E-state index contributed by atoms with van der Waals surface area (Å²) in [6, 6.07) is 16.1. The van der Waals surface area contributed by atoms with E-state index in [0.29, 0.717) is 63.3 Å². The van der Waals surface area contributed by atoms with E-state index in [2.05, 4.69) is 15.4 Å². The normalized spacial score (nSPS) is 14.9. The van der Waals surface area contributed by atoms with Gasteiger partial charge in [-0.15, -0.1) is 0 Å². The van der Waals surface area contributed by atoms with Crippen LogP contribution in [0.1, 0.15) is 32.7 Å². The second kappa shape index (κ2) is 10.2. The van der Waals surface area contributed by atoms with Gasteiger partial charge in [-0.2, -0.15) is 13.1 Å². The highest BCUT2D eigenvalue weighted by Gasteiger charge is 2.26. The zero-order valence-corrected chi connectivity index (χ0v) is 21.0. The average Bonchev–Trinajstić information content (AvgIpc) is 2.80. The minimum Gasteiger partial charge on any atom is -0.322 e. The quantitative estimate of drug-likeness (QED) is 0.436. The predicted octanol–water partition coefficient (Wildman–Crippen LogP) is 4.85. The molecule has 3 N–H and O–H groups in total. The molecule has 0 spiro atoms. The van der Waals surface area contributed by atoms with Gasteiger partial charge in [-0.3, -0.25) is 13.9 Å². The standard InChI is InChI=1S/C24H22Cl2N4O4S/c1-15-12-19(30-11-3-10-27-35(30,33)34)7-8-20(15)24(32)28-18-6-9-21(26)22(14-18)29-23(31)16-4-2-5-17(25)13-16/h2,4-9,12-14,27H,3,10-11H2,1H3,(H,28,32)(H,29,31). The molecule has 4 rings (SSSR count). The van der Waals surface area contributed by atoms with Crippen LogP contribution >= 0.6 is 23.2 Å². The van der Waals surface area contributed by atoms with Gasteiger partial charge in [0.25, 0.3) is 11.8 Å². The van der Waals surface area contributed by atoms with Gasteiger partial charge in [0.2, 0.25) is 0 Å². The molecule has 3 aromatic carbocycles. The fraction of sp³-hybridized carbons (Fsp3) is 0.167. The van der Waals surface area contributed by atoms with Gasteiger partial charge < -0.3 is 10.6 Å². The van der Waals surface area contributed by atoms with Crippen molar-refractivity contribution in [3.05, 3.63) is 87.4 Å². The van der Waals surface area contributed by atoms with E-state index in [1.807, 2.05) is 0 Å². The molecule has 3 aromatic rings. The highest BCUT2D eigenvalue weighted by atomic mass is 35.5. The van der Waals surface area contributed by atoms with Crippen molar-refractivity contribution in [1.29, 1.82) is 0 Å². The first-order valence-corrected chi connectivity index (χ1v) is 12.9. The van der Waals surface area contributed by atoms with Crippen LogP contribution in [0.25, 0.3) is 0 Å². The number of carbonyl (C=O) groups is 2. The SMILES string of the molecule is Cc1cc(N2CCCNS2(=O)=O)ccc1C(=O)Nc1ccc(Cl)c(NC(=O)c2cccc(Cl)c2)c1. The summed E-state index contributed by atoms with van der Waals surface area (Å²) in [7, 11) is -3.59. The van der Waals surface area contributed by atoms with Crippen molar-refractivity contribution in [1.82, 2.24) is 4.72 Å². The van der Waals surface area contributed by atoms with Crippen molar-refractivity contribution < 1.29 is 18.0 Å². The second-order valence-electron chi connectivity index (χ2n) is 7.94. The van der Waals surface area contributed by atoms with Crippen molar-refractivity contribution in [3.8, 4) is 0 Å². The van der Waals surface area contributed by atoms with Crippen molar-refractivity contribution in [2.75, 3.05) is 28.0 Å². The molecule has 8 nitrogen and oxygen atoms in total. The average molecular weight is 533 g/mol. The molecule has 1 heterocycles. The molecule has 182 valence electrons. The monoisotopic (exact) mass is 532 g/mol. The number of benzene rings is 3. The van der Waals surface area contributed by atoms with E-state index in [0.717, 1.165) is 0 Å². The Labute approximate surface area is 213 Å². The summed E-state index contributed by atoms with van der Waals surface area (Å²) < 4.78 is 28.4. The molecular formula is C24H22Cl2N4O4S. The number of nitrogens with one attached hydrogen (secondary N) is 3. The number of carbonyl (C=O) groups excluding carboxylic acids is 2. The van der Waals surface area contributed by atoms with Gasteiger partial charge in [0, 0.05) is 34.9 Å². The summed E-state index contributed by atoms with van der Waals surface area (Å²) in [5, 5.41) is 6.24. The third-order valence-corrected chi connectivity index (χ3v) is 7.52. The number of halogens is 2. The molecule has 2 amide bonds. The lowest BCUT2D eigenvalue weighted by molar-refractivity contribution is 0.101. The van der Waals surface area contributed by atoms with Gasteiger partial charge in [0.05, 0.1) is 16.4 Å². The van der Waals surface area contributed by atoms with Crippen LogP contribution in [-0.2, 0) is 10.2 Å². The van der Waals surface area contributed by atoms with E-state index in [1.54, 1.807) is 61.5 Å². The molecule has 1 aliphatic heterocycles. The summed E-state index contributed by atoms with van der Waals surface area (Å²) in [6.45, 7) is 2.51. The third-order valence-electron chi connectivity index (χ3n) is 5.41. The summed E-state index contributed by atoms with van der Waals surface area (Å²) in [6.07, 6.45) is 0.688. The molecule has 0 unspecified atom stereocenters. The molecule has 1 fully saturated rings. The third kappa shape index (κ3) is 5.76. The Balaban J connectivity index is 1.50. The number of anilines is 3. The van der Waals surface area contributed by atoms with E-state index in [-0.39, 0.29) is 5.91 Å². The Hall–Kier alpha value is -3.11. The van der Waals surface area contributed by atoms with Crippen molar-refractivity contribution in [3.63, 3.8) is 0 Å². The highest BCUT2D eigenvalue weighted by Crippen LogP contribution is 2.28. The summed E-state index contributed by atoms with van der Waals surface area (Å²) in [5.41, 5.74) is 2.60. The molecule has 0 saturated carbocycles. The van der Waals surface area contributed by atoms with Crippen molar-refractivity contribution >= 4 is 62.3 Å². The van der Waals surface area contributed by atoms with Crippen LogP contribution in [0.3, 0.4) is 0 Å².